The molecule has 0 heterocycles. The standard InChI is InChI=1S/C13H17ClFNO2/c1-4-18-11-7-9(15)5-6-10(11)16-12(17)13(2,3)8-14/h5-7H,4,8H2,1-3H3,(H,16,17). The minimum atomic E-state index is -0.695. The zero-order valence-corrected chi connectivity index (χ0v) is 11.5. The summed E-state index contributed by atoms with van der Waals surface area (Å²) < 4.78 is 18.4. The number of nitrogens with one attached hydrogen (secondary N) is 1. The van der Waals surface area contributed by atoms with Crippen molar-refractivity contribution >= 4 is 23.2 Å². The number of hydrogen-bond acceptors (Lipinski definition) is 2. The maximum absolute atomic E-state index is 13.1. The van der Waals surface area contributed by atoms with Crippen molar-refractivity contribution in [2.45, 2.75) is 20.8 Å². The van der Waals surface area contributed by atoms with Gasteiger partial charge in [0, 0.05) is 11.9 Å². The Morgan fingerprint density at radius 1 is 1.50 bits per heavy atom. The number of ether oxygens (including phenoxy) is 1. The highest BCUT2D eigenvalue weighted by Gasteiger charge is 2.27. The fraction of sp³-hybridized carbons (Fsp3) is 0.462. The summed E-state index contributed by atoms with van der Waals surface area (Å²) in [7, 11) is 0. The van der Waals surface area contributed by atoms with Gasteiger partial charge in [-0.05, 0) is 32.9 Å². The van der Waals surface area contributed by atoms with Gasteiger partial charge in [-0.15, -0.1) is 11.6 Å². The number of rotatable bonds is 5. The SMILES string of the molecule is CCOc1cc(F)ccc1NC(=O)C(C)(C)CCl. The third-order valence-corrected chi connectivity index (χ3v) is 3.11. The number of alkyl halides is 1. The Balaban J connectivity index is 2.93. The summed E-state index contributed by atoms with van der Waals surface area (Å²) in [6.07, 6.45) is 0. The van der Waals surface area contributed by atoms with Crippen molar-refractivity contribution in [3.63, 3.8) is 0 Å². The molecule has 0 bridgehead atoms. The van der Waals surface area contributed by atoms with Gasteiger partial charge in [0.15, 0.2) is 0 Å². The summed E-state index contributed by atoms with van der Waals surface area (Å²) in [5.74, 6) is -0.126. The molecule has 0 radical (unpaired) electrons. The van der Waals surface area contributed by atoms with Crippen LogP contribution in [0.3, 0.4) is 0 Å². The second kappa shape index (κ2) is 6.05. The lowest BCUT2D eigenvalue weighted by Crippen LogP contribution is -2.32. The van der Waals surface area contributed by atoms with Gasteiger partial charge < -0.3 is 10.1 Å². The monoisotopic (exact) mass is 273 g/mol. The number of amides is 1. The number of halogens is 2. The van der Waals surface area contributed by atoms with Gasteiger partial charge in [-0.1, -0.05) is 0 Å². The number of benzene rings is 1. The van der Waals surface area contributed by atoms with Crippen molar-refractivity contribution in [2.24, 2.45) is 5.41 Å². The first kappa shape index (κ1) is 14.8. The molecule has 3 nitrogen and oxygen atoms in total. The number of carbonyl (C=O) groups is 1. The zero-order chi connectivity index (χ0) is 13.8. The molecule has 1 rings (SSSR count). The summed E-state index contributed by atoms with van der Waals surface area (Å²) in [5, 5.41) is 2.70. The normalized spacial score (nSPS) is 11.2. The van der Waals surface area contributed by atoms with Crippen LogP contribution in [-0.2, 0) is 4.79 Å². The lowest BCUT2D eigenvalue weighted by molar-refractivity contribution is -0.122. The Bertz CT molecular complexity index is 435. The first-order valence-electron chi connectivity index (χ1n) is 5.70. The first-order chi connectivity index (χ1) is 8.40. The molecule has 1 amide bonds. The van der Waals surface area contributed by atoms with E-state index in [0.717, 1.165) is 0 Å². The molecule has 0 fully saturated rings. The smallest absolute Gasteiger partial charge is 0.231 e. The van der Waals surface area contributed by atoms with E-state index in [1.165, 1.54) is 18.2 Å². The van der Waals surface area contributed by atoms with Gasteiger partial charge >= 0.3 is 0 Å². The maximum atomic E-state index is 13.1. The number of carbonyl (C=O) groups excluding carboxylic acids is 1. The van der Waals surface area contributed by atoms with Gasteiger partial charge in [0.05, 0.1) is 17.7 Å². The molecule has 0 saturated heterocycles. The third kappa shape index (κ3) is 3.60. The predicted octanol–water partition coefficient (Wildman–Crippen LogP) is 3.43. The van der Waals surface area contributed by atoms with Crippen molar-refractivity contribution < 1.29 is 13.9 Å². The lowest BCUT2D eigenvalue weighted by Gasteiger charge is -2.21. The molecule has 0 atom stereocenters. The van der Waals surface area contributed by atoms with E-state index < -0.39 is 11.2 Å². The van der Waals surface area contributed by atoms with Crippen LogP contribution in [0.2, 0.25) is 0 Å². The van der Waals surface area contributed by atoms with E-state index in [2.05, 4.69) is 5.32 Å². The molecular weight excluding hydrogens is 257 g/mol. The maximum Gasteiger partial charge on any atom is 0.231 e. The van der Waals surface area contributed by atoms with E-state index in [-0.39, 0.29) is 11.8 Å². The molecule has 0 aromatic heterocycles. The van der Waals surface area contributed by atoms with E-state index in [0.29, 0.717) is 18.0 Å². The molecule has 18 heavy (non-hydrogen) atoms. The Kier molecular flexibility index (Phi) is 4.96. The highest BCUT2D eigenvalue weighted by Crippen LogP contribution is 2.28. The van der Waals surface area contributed by atoms with Crippen LogP contribution >= 0.6 is 11.6 Å². The summed E-state index contributed by atoms with van der Waals surface area (Å²) in [6.45, 7) is 5.66. The third-order valence-electron chi connectivity index (χ3n) is 2.44. The lowest BCUT2D eigenvalue weighted by atomic mass is 9.95. The van der Waals surface area contributed by atoms with Crippen molar-refractivity contribution in [2.75, 3.05) is 17.8 Å². The fourth-order valence-corrected chi connectivity index (χ4v) is 1.35. The molecule has 100 valence electrons. The van der Waals surface area contributed by atoms with Crippen LogP contribution in [0.25, 0.3) is 0 Å². The second-order valence-electron chi connectivity index (χ2n) is 4.55. The highest BCUT2D eigenvalue weighted by molar-refractivity contribution is 6.20. The minimum Gasteiger partial charge on any atom is -0.492 e. The van der Waals surface area contributed by atoms with Gasteiger partial charge in [-0.25, -0.2) is 4.39 Å². The summed E-state index contributed by atoms with van der Waals surface area (Å²) in [4.78, 5) is 12.0. The van der Waals surface area contributed by atoms with Crippen LogP contribution in [0.5, 0.6) is 5.75 Å². The molecule has 0 aliphatic rings. The Morgan fingerprint density at radius 2 is 2.17 bits per heavy atom. The van der Waals surface area contributed by atoms with Crippen LogP contribution in [0.15, 0.2) is 18.2 Å². The highest BCUT2D eigenvalue weighted by atomic mass is 35.5. The average molecular weight is 274 g/mol. The molecule has 5 heteroatoms. The van der Waals surface area contributed by atoms with E-state index in [1.54, 1.807) is 20.8 Å². The van der Waals surface area contributed by atoms with Crippen LogP contribution in [-0.4, -0.2) is 18.4 Å². The predicted molar refractivity (Wildman–Crippen MR) is 70.7 cm³/mol. The van der Waals surface area contributed by atoms with Crippen LogP contribution in [0, 0.1) is 11.2 Å². The molecule has 1 aromatic carbocycles. The summed E-state index contributed by atoms with van der Waals surface area (Å²) in [6, 6.07) is 3.99. The van der Waals surface area contributed by atoms with Crippen molar-refractivity contribution in [1.29, 1.82) is 0 Å². The molecule has 0 saturated carbocycles. The van der Waals surface area contributed by atoms with Crippen LogP contribution in [0.4, 0.5) is 10.1 Å². The van der Waals surface area contributed by atoms with Crippen LogP contribution < -0.4 is 10.1 Å². The van der Waals surface area contributed by atoms with Crippen molar-refractivity contribution in [3.05, 3.63) is 24.0 Å². The Hall–Kier alpha value is -1.29. The Labute approximate surface area is 111 Å². The molecule has 1 N–H and O–H groups in total. The van der Waals surface area contributed by atoms with E-state index in [1.807, 2.05) is 0 Å². The van der Waals surface area contributed by atoms with Gasteiger partial charge in [0.25, 0.3) is 0 Å². The van der Waals surface area contributed by atoms with Crippen molar-refractivity contribution in [3.8, 4) is 5.75 Å². The number of anilines is 1. The number of hydrogen-bond donors (Lipinski definition) is 1. The van der Waals surface area contributed by atoms with E-state index in [4.69, 9.17) is 16.3 Å². The first-order valence-corrected chi connectivity index (χ1v) is 6.24. The van der Waals surface area contributed by atoms with E-state index >= 15 is 0 Å². The van der Waals surface area contributed by atoms with Gasteiger partial charge in [-0.2, -0.15) is 0 Å². The zero-order valence-electron chi connectivity index (χ0n) is 10.7. The Morgan fingerprint density at radius 3 is 2.72 bits per heavy atom. The van der Waals surface area contributed by atoms with Gasteiger partial charge in [-0.3, -0.25) is 4.79 Å². The van der Waals surface area contributed by atoms with Gasteiger partial charge in [0.1, 0.15) is 11.6 Å². The molecular formula is C13H17ClFNO2. The molecule has 0 aliphatic heterocycles. The topological polar surface area (TPSA) is 38.3 Å². The van der Waals surface area contributed by atoms with E-state index in [9.17, 15) is 9.18 Å². The van der Waals surface area contributed by atoms with Crippen molar-refractivity contribution in [1.82, 2.24) is 0 Å². The molecule has 1 aromatic rings. The average Bonchev–Trinajstić information content (AvgIpc) is 2.32. The second-order valence-corrected chi connectivity index (χ2v) is 4.81. The molecule has 0 unspecified atom stereocenters. The van der Waals surface area contributed by atoms with Crippen LogP contribution in [0.1, 0.15) is 20.8 Å². The largest absolute Gasteiger partial charge is 0.492 e. The van der Waals surface area contributed by atoms with Gasteiger partial charge in [0.2, 0.25) is 5.91 Å². The quantitative estimate of drug-likeness (QED) is 0.835. The fourth-order valence-electron chi connectivity index (χ4n) is 1.23. The minimum absolute atomic E-state index is 0.198. The summed E-state index contributed by atoms with van der Waals surface area (Å²) in [5.41, 5.74) is -0.249. The summed E-state index contributed by atoms with van der Waals surface area (Å²) >= 11 is 5.73. The molecule has 0 spiro atoms. The molecule has 0 aliphatic carbocycles.